The van der Waals surface area contributed by atoms with Crippen molar-refractivity contribution < 1.29 is 4.79 Å². The smallest absolute Gasteiger partial charge is 0.266 e. The predicted octanol–water partition coefficient (Wildman–Crippen LogP) is 2.62. The van der Waals surface area contributed by atoms with E-state index in [0.29, 0.717) is 24.1 Å². The SMILES string of the molecule is Cc1[nH]c(=O)c(C#N)c(C)c1CCC(=O)NC(Cc1ncc[nH]1)c1ccccc1. The van der Waals surface area contributed by atoms with Crippen molar-refractivity contribution in [1.29, 1.82) is 5.26 Å². The average Bonchev–Trinajstić information content (AvgIpc) is 3.21. The molecule has 3 rings (SSSR count). The molecule has 0 fully saturated rings. The molecule has 0 spiro atoms. The number of carbonyl (C=O) groups is 1. The van der Waals surface area contributed by atoms with Gasteiger partial charge in [-0.05, 0) is 37.0 Å². The Morgan fingerprint density at radius 1 is 1.28 bits per heavy atom. The summed E-state index contributed by atoms with van der Waals surface area (Å²) in [6.45, 7) is 3.53. The number of aromatic amines is 2. The summed E-state index contributed by atoms with van der Waals surface area (Å²) in [4.78, 5) is 34.6. The molecular weight excluding hydrogens is 366 g/mol. The summed E-state index contributed by atoms with van der Waals surface area (Å²) < 4.78 is 0. The van der Waals surface area contributed by atoms with Gasteiger partial charge in [0.15, 0.2) is 0 Å². The molecule has 3 N–H and O–H groups in total. The van der Waals surface area contributed by atoms with Crippen molar-refractivity contribution in [2.24, 2.45) is 0 Å². The van der Waals surface area contributed by atoms with Crippen LogP contribution >= 0.6 is 0 Å². The Balaban J connectivity index is 1.73. The molecule has 1 amide bonds. The van der Waals surface area contributed by atoms with Crippen LogP contribution in [0.3, 0.4) is 0 Å². The maximum Gasteiger partial charge on any atom is 0.266 e. The fourth-order valence-electron chi connectivity index (χ4n) is 3.47. The zero-order valence-electron chi connectivity index (χ0n) is 16.5. The number of imidazole rings is 1. The summed E-state index contributed by atoms with van der Waals surface area (Å²) in [6, 6.07) is 11.5. The molecule has 148 valence electrons. The molecule has 0 saturated carbocycles. The quantitative estimate of drug-likeness (QED) is 0.576. The van der Waals surface area contributed by atoms with Gasteiger partial charge in [0, 0.05) is 30.9 Å². The number of H-pyrrole nitrogens is 2. The zero-order valence-corrected chi connectivity index (χ0v) is 16.5. The Kier molecular flexibility index (Phi) is 6.25. The molecule has 29 heavy (non-hydrogen) atoms. The molecule has 7 nitrogen and oxygen atoms in total. The summed E-state index contributed by atoms with van der Waals surface area (Å²) in [7, 11) is 0. The van der Waals surface area contributed by atoms with Crippen LogP contribution in [0.15, 0.2) is 47.5 Å². The summed E-state index contributed by atoms with van der Waals surface area (Å²) in [6.07, 6.45) is 4.69. The van der Waals surface area contributed by atoms with Crippen molar-refractivity contribution in [3.8, 4) is 6.07 Å². The fourth-order valence-corrected chi connectivity index (χ4v) is 3.47. The van der Waals surface area contributed by atoms with Crippen molar-refractivity contribution in [1.82, 2.24) is 20.3 Å². The second-order valence-corrected chi connectivity index (χ2v) is 6.94. The Morgan fingerprint density at radius 2 is 2.03 bits per heavy atom. The molecule has 2 heterocycles. The van der Waals surface area contributed by atoms with Gasteiger partial charge >= 0.3 is 0 Å². The number of pyridine rings is 1. The van der Waals surface area contributed by atoms with Gasteiger partial charge in [-0.15, -0.1) is 0 Å². The van der Waals surface area contributed by atoms with E-state index in [1.165, 1.54) is 0 Å². The van der Waals surface area contributed by atoms with Crippen molar-refractivity contribution in [2.45, 2.75) is 39.2 Å². The lowest BCUT2D eigenvalue weighted by atomic mass is 9.98. The zero-order chi connectivity index (χ0) is 20.8. The second kappa shape index (κ2) is 9.02. The highest BCUT2D eigenvalue weighted by atomic mass is 16.1. The van der Waals surface area contributed by atoms with E-state index in [2.05, 4.69) is 20.3 Å². The lowest BCUT2D eigenvalue weighted by Crippen LogP contribution is -2.30. The minimum Gasteiger partial charge on any atom is -0.349 e. The lowest BCUT2D eigenvalue weighted by Gasteiger charge is -2.19. The summed E-state index contributed by atoms with van der Waals surface area (Å²) in [5.74, 6) is 0.694. The minimum absolute atomic E-state index is 0.103. The van der Waals surface area contributed by atoms with E-state index in [0.717, 1.165) is 17.0 Å². The number of rotatable bonds is 7. The summed E-state index contributed by atoms with van der Waals surface area (Å²) in [5.41, 5.74) is 2.87. The third-order valence-corrected chi connectivity index (χ3v) is 5.01. The number of aryl methyl sites for hydroxylation is 1. The van der Waals surface area contributed by atoms with Crippen LogP contribution in [-0.4, -0.2) is 20.9 Å². The van der Waals surface area contributed by atoms with E-state index in [1.54, 1.807) is 26.2 Å². The highest BCUT2D eigenvalue weighted by Crippen LogP contribution is 2.18. The summed E-state index contributed by atoms with van der Waals surface area (Å²) >= 11 is 0. The largest absolute Gasteiger partial charge is 0.349 e. The fraction of sp³-hybridized carbons (Fsp3) is 0.273. The van der Waals surface area contributed by atoms with Gasteiger partial charge in [-0.2, -0.15) is 5.26 Å². The number of amides is 1. The maximum atomic E-state index is 12.7. The number of nitriles is 1. The molecule has 0 aliphatic rings. The van der Waals surface area contributed by atoms with E-state index in [-0.39, 0.29) is 23.9 Å². The number of carbonyl (C=O) groups excluding carboxylic acids is 1. The van der Waals surface area contributed by atoms with Gasteiger partial charge in [0.1, 0.15) is 17.5 Å². The van der Waals surface area contributed by atoms with Gasteiger partial charge in [-0.25, -0.2) is 4.98 Å². The Morgan fingerprint density at radius 3 is 2.69 bits per heavy atom. The molecule has 0 aliphatic heterocycles. The first kappa shape index (κ1) is 20.1. The Bertz CT molecular complexity index is 1080. The van der Waals surface area contributed by atoms with Crippen LogP contribution in [-0.2, 0) is 17.6 Å². The molecule has 0 radical (unpaired) electrons. The number of aromatic nitrogens is 3. The molecule has 1 unspecified atom stereocenters. The van der Waals surface area contributed by atoms with Crippen LogP contribution < -0.4 is 10.9 Å². The first-order valence-corrected chi connectivity index (χ1v) is 9.44. The highest BCUT2D eigenvalue weighted by molar-refractivity contribution is 5.77. The third kappa shape index (κ3) is 4.79. The number of nitrogens with zero attached hydrogens (tertiary/aromatic N) is 2. The van der Waals surface area contributed by atoms with Gasteiger partial charge in [0.05, 0.1) is 6.04 Å². The molecule has 0 saturated heterocycles. The predicted molar refractivity (Wildman–Crippen MR) is 109 cm³/mol. The average molecular weight is 389 g/mol. The molecule has 7 heteroatoms. The van der Waals surface area contributed by atoms with Gasteiger partial charge < -0.3 is 15.3 Å². The van der Waals surface area contributed by atoms with E-state index < -0.39 is 5.56 Å². The van der Waals surface area contributed by atoms with Gasteiger partial charge in [0.2, 0.25) is 5.91 Å². The maximum absolute atomic E-state index is 12.7. The molecule has 2 aromatic heterocycles. The van der Waals surface area contributed by atoms with E-state index in [9.17, 15) is 14.9 Å². The topological polar surface area (TPSA) is 114 Å². The number of hydrogen-bond acceptors (Lipinski definition) is 4. The van der Waals surface area contributed by atoms with Crippen molar-refractivity contribution in [2.75, 3.05) is 0 Å². The first-order valence-electron chi connectivity index (χ1n) is 9.44. The van der Waals surface area contributed by atoms with E-state index in [1.807, 2.05) is 36.4 Å². The number of nitrogens with one attached hydrogen (secondary N) is 3. The molecular formula is C22H23N5O2. The molecule has 1 atom stereocenters. The van der Waals surface area contributed by atoms with Crippen LogP contribution in [0.25, 0.3) is 0 Å². The van der Waals surface area contributed by atoms with Crippen molar-refractivity contribution >= 4 is 5.91 Å². The molecule has 3 aromatic rings. The third-order valence-electron chi connectivity index (χ3n) is 5.01. The first-order chi connectivity index (χ1) is 14.0. The molecule has 0 aliphatic carbocycles. The summed E-state index contributed by atoms with van der Waals surface area (Å²) in [5, 5.41) is 12.3. The van der Waals surface area contributed by atoms with Gasteiger partial charge in [0.25, 0.3) is 5.56 Å². The molecule has 1 aromatic carbocycles. The van der Waals surface area contributed by atoms with Crippen LogP contribution in [0.5, 0.6) is 0 Å². The minimum atomic E-state index is -0.390. The normalized spacial score (nSPS) is 11.6. The van der Waals surface area contributed by atoms with Crippen molar-refractivity contribution in [3.63, 3.8) is 0 Å². The number of hydrogen-bond donors (Lipinski definition) is 3. The van der Waals surface area contributed by atoms with Crippen LogP contribution in [0.1, 0.15) is 46.2 Å². The second-order valence-electron chi connectivity index (χ2n) is 6.94. The van der Waals surface area contributed by atoms with Gasteiger partial charge in [-0.3, -0.25) is 9.59 Å². The standard InChI is InChI=1S/C22H23N5O2/c1-14-17(15(2)26-22(29)18(14)13-23)8-9-21(28)27-19(12-20-24-10-11-25-20)16-6-4-3-5-7-16/h3-7,10-11,19H,8-9,12H2,1-2H3,(H,24,25)(H,26,29)(H,27,28). The molecule has 0 bridgehead atoms. The van der Waals surface area contributed by atoms with E-state index in [4.69, 9.17) is 0 Å². The van der Waals surface area contributed by atoms with E-state index >= 15 is 0 Å². The number of benzene rings is 1. The monoisotopic (exact) mass is 389 g/mol. The lowest BCUT2D eigenvalue weighted by molar-refractivity contribution is -0.121. The van der Waals surface area contributed by atoms with Crippen LogP contribution in [0, 0.1) is 25.2 Å². The Hall–Kier alpha value is -3.66. The van der Waals surface area contributed by atoms with Gasteiger partial charge in [-0.1, -0.05) is 30.3 Å². The Labute approximate surface area is 168 Å². The van der Waals surface area contributed by atoms with Crippen LogP contribution in [0.2, 0.25) is 0 Å². The van der Waals surface area contributed by atoms with Crippen molar-refractivity contribution in [3.05, 3.63) is 86.9 Å². The van der Waals surface area contributed by atoms with Crippen LogP contribution in [0.4, 0.5) is 0 Å². The highest BCUT2D eigenvalue weighted by Gasteiger charge is 2.18.